The quantitative estimate of drug-likeness (QED) is 0.548. The van der Waals surface area contributed by atoms with Crippen LogP contribution in [0.5, 0.6) is 0 Å². The van der Waals surface area contributed by atoms with Crippen molar-refractivity contribution < 1.29 is 37.0 Å². The zero-order valence-electron chi connectivity index (χ0n) is 19.8. The Bertz CT molecular complexity index is 870. The highest BCUT2D eigenvalue weighted by Crippen LogP contribution is 2.29. The van der Waals surface area contributed by atoms with Crippen LogP contribution in [-0.4, -0.2) is 55.9 Å². The first kappa shape index (κ1) is 27.4. The number of alkyl halides is 3. The lowest BCUT2D eigenvalue weighted by Crippen LogP contribution is -2.52. The number of halogens is 3. The van der Waals surface area contributed by atoms with Crippen molar-refractivity contribution in [2.75, 3.05) is 20.3 Å². The number of nitrogens with one attached hydrogen (secondary N) is 3. The molecule has 1 aromatic carbocycles. The van der Waals surface area contributed by atoms with Crippen molar-refractivity contribution in [3.63, 3.8) is 0 Å². The minimum atomic E-state index is -4.57. The molecule has 1 saturated carbocycles. The van der Waals surface area contributed by atoms with E-state index >= 15 is 0 Å². The topological polar surface area (TPSA) is 106 Å². The normalized spacial score (nSPS) is 20.9. The summed E-state index contributed by atoms with van der Waals surface area (Å²) in [5.74, 6) is -1.33. The van der Waals surface area contributed by atoms with E-state index < -0.39 is 35.2 Å². The largest absolute Gasteiger partial charge is 0.444 e. The van der Waals surface area contributed by atoms with Gasteiger partial charge in [0.15, 0.2) is 0 Å². The van der Waals surface area contributed by atoms with Crippen molar-refractivity contribution in [1.82, 2.24) is 16.0 Å². The SMILES string of the molecule is COC[C@@H]1C[C@H](NC(=O)OC(C)(C)C)CC[C@@H]1NC(=O)CNC(=O)c1cccc(C(F)(F)F)c1. The average Bonchev–Trinajstić information content (AvgIpc) is 2.72. The summed E-state index contributed by atoms with van der Waals surface area (Å²) in [4.78, 5) is 36.7. The molecule has 190 valence electrons. The number of carbonyl (C=O) groups excluding carboxylic acids is 3. The molecule has 1 aliphatic carbocycles. The van der Waals surface area contributed by atoms with E-state index in [1.807, 2.05) is 0 Å². The van der Waals surface area contributed by atoms with Crippen molar-refractivity contribution in [3.8, 4) is 0 Å². The van der Waals surface area contributed by atoms with Gasteiger partial charge in [0.25, 0.3) is 5.91 Å². The fourth-order valence-corrected chi connectivity index (χ4v) is 3.81. The lowest BCUT2D eigenvalue weighted by atomic mass is 9.82. The fraction of sp³-hybridized carbons (Fsp3) is 0.609. The fourth-order valence-electron chi connectivity index (χ4n) is 3.81. The molecule has 3 atom stereocenters. The molecule has 0 saturated heterocycles. The van der Waals surface area contributed by atoms with E-state index in [1.165, 1.54) is 6.07 Å². The van der Waals surface area contributed by atoms with Gasteiger partial charge in [-0.1, -0.05) is 6.07 Å². The third-order valence-corrected chi connectivity index (χ3v) is 5.29. The van der Waals surface area contributed by atoms with Crippen LogP contribution in [0, 0.1) is 5.92 Å². The lowest BCUT2D eigenvalue weighted by molar-refractivity contribution is -0.137. The van der Waals surface area contributed by atoms with Crippen molar-refractivity contribution in [2.24, 2.45) is 5.92 Å². The van der Waals surface area contributed by atoms with Crippen molar-refractivity contribution >= 4 is 17.9 Å². The third-order valence-electron chi connectivity index (χ3n) is 5.29. The van der Waals surface area contributed by atoms with E-state index in [0.29, 0.717) is 25.9 Å². The molecule has 8 nitrogen and oxygen atoms in total. The van der Waals surface area contributed by atoms with E-state index in [-0.39, 0.29) is 30.1 Å². The van der Waals surface area contributed by atoms with Crippen LogP contribution in [0.1, 0.15) is 56.0 Å². The predicted molar refractivity (Wildman–Crippen MR) is 118 cm³/mol. The molecule has 0 heterocycles. The molecular weight excluding hydrogens is 455 g/mol. The van der Waals surface area contributed by atoms with Gasteiger partial charge in [0.05, 0.1) is 18.7 Å². The Kier molecular flexibility index (Phi) is 9.31. The van der Waals surface area contributed by atoms with Crippen LogP contribution < -0.4 is 16.0 Å². The molecule has 1 fully saturated rings. The molecule has 0 aromatic heterocycles. The molecule has 1 aromatic rings. The molecule has 11 heteroatoms. The zero-order chi connectivity index (χ0) is 25.5. The summed E-state index contributed by atoms with van der Waals surface area (Å²) in [6.45, 7) is 5.30. The number of rotatable bonds is 7. The number of hydrogen-bond acceptors (Lipinski definition) is 5. The number of carbonyl (C=O) groups is 3. The maximum atomic E-state index is 12.8. The van der Waals surface area contributed by atoms with E-state index in [9.17, 15) is 27.6 Å². The Balaban J connectivity index is 1.88. The van der Waals surface area contributed by atoms with Crippen molar-refractivity contribution in [1.29, 1.82) is 0 Å². The van der Waals surface area contributed by atoms with Gasteiger partial charge in [0, 0.05) is 30.7 Å². The Morgan fingerprint density at radius 2 is 1.79 bits per heavy atom. The summed E-state index contributed by atoms with van der Waals surface area (Å²) in [6, 6.07) is 3.61. The van der Waals surface area contributed by atoms with Gasteiger partial charge in [-0.05, 0) is 58.2 Å². The first-order valence-corrected chi connectivity index (χ1v) is 11.0. The molecule has 3 N–H and O–H groups in total. The first-order valence-electron chi connectivity index (χ1n) is 11.0. The summed E-state index contributed by atoms with van der Waals surface area (Å²) < 4.78 is 49.1. The van der Waals surface area contributed by atoms with E-state index in [0.717, 1.165) is 18.2 Å². The molecule has 1 aliphatic rings. The lowest BCUT2D eigenvalue weighted by Gasteiger charge is -2.36. The summed E-state index contributed by atoms with van der Waals surface area (Å²) in [5, 5.41) is 8.04. The maximum absolute atomic E-state index is 12.8. The number of hydrogen-bond donors (Lipinski definition) is 3. The van der Waals surface area contributed by atoms with Crippen LogP contribution in [0.2, 0.25) is 0 Å². The number of methoxy groups -OCH3 is 1. The summed E-state index contributed by atoms with van der Waals surface area (Å²) in [6.07, 6.45) is -3.33. The Hall–Kier alpha value is -2.82. The molecule has 0 radical (unpaired) electrons. The third kappa shape index (κ3) is 8.85. The molecule has 2 rings (SSSR count). The van der Waals surface area contributed by atoms with Crippen LogP contribution in [0.15, 0.2) is 24.3 Å². The van der Waals surface area contributed by atoms with Crippen LogP contribution in [0.3, 0.4) is 0 Å². The number of benzene rings is 1. The molecule has 0 unspecified atom stereocenters. The van der Waals surface area contributed by atoms with Gasteiger partial charge in [-0.2, -0.15) is 13.2 Å². The highest BCUT2D eigenvalue weighted by molar-refractivity contribution is 5.96. The Morgan fingerprint density at radius 1 is 1.09 bits per heavy atom. The van der Waals surface area contributed by atoms with Gasteiger partial charge < -0.3 is 25.4 Å². The Morgan fingerprint density at radius 3 is 2.41 bits per heavy atom. The number of alkyl carbamates (subject to hydrolysis) is 1. The summed E-state index contributed by atoms with van der Waals surface area (Å²) >= 11 is 0. The first-order chi connectivity index (χ1) is 15.8. The van der Waals surface area contributed by atoms with Crippen molar-refractivity contribution in [3.05, 3.63) is 35.4 Å². The van der Waals surface area contributed by atoms with Gasteiger partial charge in [-0.3, -0.25) is 9.59 Å². The standard InChI is InChI=1S/C23H32F3N3O5/c1-22(2,3)34-21(32)28-17-8-9-18(15(11-17)13-33-4)29-19(30)12-27-20(31)14-6-5-7-16(10-14)23(24,25)26/h5-7,10,15,17-18H,8-9,11-13H2,1-4H3,(H,27,31)(H,28,32)(H,29,30)/t15-,17+,18-/m0/s1. The molecular formula is C23H32F3N3O5. The molecule has 0 bridgehead atoms. The molecule has 0 spiro atoms. The molecule has 34 heavy (non-hydrogen) atoms. The highest BCUT2D eigenvalue weighted by Gasteiger charge is 2.33. The molecule has 3 amide bonds. The number of amides is 3. The zero-order valence-corrected chi connectivity index (χ0v) is 19.8. The maximum Gasteiger partial charge on any atom is 0.416 e. The van der Waals surface area contributed by atoms with Gasteiger partial charge in [-0.15, -0.1) is 0 Å². The van der Waals surface area contributed by atoms with Crippen LogP contribution in [0.25, 0.3) is 0 Å². The average molecular weight is 488 g/mol. The van der Waals surface area contributed by atoms with E-state index in [2.05, 4.69) is 16.0 Å². The summed E-state index contributed by atoms with van der Waals surface area (Å²) in [5.41, 5.74) is -1.74. The van der Waals surface area contributed by atoms with Crippen LogP contribution in [0.4, 0.5) is 18.0 Å². The number of ether oxygens (including phenoxy) is 2. The second-order valence-corrected chi connectivity index (χ2v) is 9.31. The van der Waals surface area contributed by atoms with Gasteiger partial charge in [0.2, 0.25) is 5.91 Å². The van der Waals surface area contributed by atoms with Crippen LogP contribution >= 0.6 is 0 Å². The van der Waals surface area contributed by atoms with E-state index in [1.54, 1.807) is 27.9 Å². The van der Waals surface area contributed by atoms with E-state index in [4.69, 9.17) is 9.47 Å². The highest BCUT2D eigenvalue weighted by atomic mass is 19.4. The Labute approximate surface area is 196 Å². The second-order valence-electron chi connectivity index (χ2n) is 9.31. The predicted octanol–water partition coefficient (Wildman–Crippen LogP) is 3.26. The summed E-state index contributed by atoms with van der Waals surface area (Å²) in [7, 11) is 1.54. The van der Waals surface area contributed by atoms with Crippen LogP contribution in [-0.2, 0) is 20.4 Å². The van der Waals surface area contributed by atoms with Gasteiger partial charge in [0.1, 0.15) is 5.60 Å². The smallest absolute Gasteiger partial charge is 0.416 e. The minimum Gasteiger partial charge on any atom is -0.444 e. The van der Waals surface area contributed by atoms with Crippen molar-refractivity contribution in [2.45, 2.75) is 63.9 Å². The molecule has 0 aliphatic heterocycles. The van der Waals surface area contributed by atoms with Gasteiger partial charge >= 0.3 is 12.3 Å². The van der Waals surface area contributed by atoms with Gasteiger partial charge in [-0.25, -0.2) is 4.79 Å². The second kappa shape index (κ2) is 11.5. The monoisotopic (exact) mass is 487 g/mol. The minimum absolute atomic E-state index is 0.0817.